The highest BCUT2D eigenvalue weighted by Gasteiger charge is 2.26. The normalized spacial score (nSPS) is 20.3. The van der Waals surface area contributed by atoms with Gasteiger partial charge < -0.3 is 4.90 Å². The van der Waals surface area contributed by atoms with Crippen LogP contribution in [-0.4, -0.2) is 39.3 Å². The van der Waals surface area contributed by atoms with E-state index in [1.54, 1.807) is 11.0 Å². The second-order valence-electron chi connectivity index (χ2n) is 7.76. The highest BCUT2D eigenvalue weighted by molar-refractivity contribution is 5.79. The zero-order valence-electron chi connectivity index (χ0n) is 15.6. The fourth-order valence-corrected chi connectivity index (χ4v) is 4.21. The predicted molar refractivity (Wildman–Crippen MR) is 102 cm³/mol. The summed E-state index contributed by atoms with van der Waals surface area (Å²) in [4.78, 5) is 7.03. The van der Waals surface area contributed by atoms with Crippen molar-refractivity contribution in [3.63, 3.8) is 0 Å². The van der Waals surface area contributed by atoms with Gasteiger partial charge in [-0.3, -0.25) is 4.68 Å². The van der Waals surface area contributed by atoms with Gasteiger partial charge in [-0.2, -0.15) is 5.10 Å². The van der Waals surface area contributed by atoms with Crippen LogP contribution in [0.1, 0.15) is 50.2 Å². The second-order valence-corrected chi connectivity index (χ2v) is 7.76. The molecule has 4 nitrogen and oxygen atoms in total. The predicted octanol–water partition coefficient (Wildman–Crippen LogP) is 4.10. The fourth-order valence-electron chi connectivity index (χ4n) is 4.21. The number of aryl methyl sites for hydroxylation is 1. The van der Waals surface area contributed by atoms with Crippen molar-refractivity contribution in [3.05, 3.63) is 41.7 Å². The molecule has 0 amide bonds. The number of nitrogens with zero attached hydrogens (tertiary/aromatic N) is 4. The topological polar surface area (TPSA) is 34.0 Å². The maximum absolute atomic E-state index is 4.46. The Hall–Kier alpha value is -1.94. The number of allylic oxidation sites excluding steroid dienone is 2. The van der Waals surface area contributed by atoms with Crippen LogP contribution in [0.4, 0.5) is 0 Å². The maximum atomic E-state index is 4.46. The van der Waals surface area contributed by atoms with Crippen molar-refractivity contribution in [2.24, 2.45) is 13.0 Å². The maximum Gasteiger partial charge on any atom is 0.181 e. The molecular formula is C21H28N4. The van der Waals surface area contributed by atoms with Gasteiger partial charge in [0.15, 0.2) is 5.82 Å². The average molecular weight is 336 g/mol. The number of hydrogen-bond acceptors (Lipinski definition) is 3. The molecule has 0 N–H and O–H groups in total. The Bertz CT molecular complexity index is 781. The van der Waals surface area contributed by atoms with Crippen molar-refractivity contribution < 1.29 is 0 Å². The summed E-state index contributed by atoms with van der Waals surface area (Å²) in [5.41, 5.74) is 5.50. The Balaban J connectivity index is 1.61. The minimum atomic E-state index is 0.544. The number of aromatic nitrogens is 3. The van der Waals surface area contributed by atoms with Crippen molar-refractivity contribution in [2.75, 3.05) is 19.6 Å². The molecule has 132 valence electrons. The van der Waals surface area contributed by atoms with Crippen molar-refractivity contribution in [1.29, 1.82) is 0 Å². The van der Waals surface area contributed by atoms with Gasteiger partial charge in [0, 0.05) is 18.5 Å². The lowest BCUT2D eigenvalue weighted by atomic mass is 9.93. The molecule has 0 spiro atoms. The minimum Gasteiger partial charge on any atom is -0.303 e. The van der Waals surface area contributed by atoms with Gasteiger partial charge in [0.1, 0.15) is 6.33 Å². The van der Waals surface area contributed by atoms with E-state index in [4.69, 9.17) is 0 Å². The van der Waals surface area contributed by atoms with Crippen LogP contribution < -0.4 is 0 Å². The van der Waals surface area contributed by atoms with Crippen LogP contribution in [0, 0.1) is 5.92 Å². The Morgan fingerprint density at radius 3 is 2.68 bits per heavy atom. The molecule has 1 aromatic heterocycles. The van der Waals surface area contributed by atoms with E-state index >= 15 is 0 Å². The highest BCUT2D eigenvalue weighted by atomic mass is 15.3. The highest BCUT2D eigenvalue weighted by Crippen LogP contribution is 2.42. The number of fused-ring (bicyclic) bond motifs is 1. The fraction of sp³-hybridized carbons (Fsp3) is 0.524. The van der Waals surface area contributed by atoms with Gasteiger partial charge in [0.2, 0.25) is 0 Å². The van der Waals surface area contributed by atoms with Gasteiger partial charge >= 0.3 is 0 Å². The number of benzene rings is 1. The summed E-state index contributed by atoms with van der Waals surface area (Å²) in [5, 5.41) is 4.46. The van der Waals surface area contributed by atoms with Gasteiger partial charge in [-0.05, 0) is 67.6 Å². The Kier molecular flexibility index (Phi) is 4.46. The molecule has 1 saturated heterocycles. The first-order valence-electron chi connectivity index (χ1n) is 9.56. The largest absolute Gasteiger partial charge is 0.303 e. The molecule has 4 heteroatoms. The molecule has 1 atom stereocenters. The zero-order chi connectivity index (χ0) is 17.4. The van der Waals surface area contributed by atoms with E-state index in [0.29, 0.717) is 11.8 Å². The first kappa shape index (κ1) is 16.5. The molecule has 1 aliphatic carbocycles. The molecule has 1 aliphatic heterocycles. The van der Waals surface area contributed by atoms with Crippen LogP contribution in [0.25, 0.3) is 17.0 Å². The lowest BCUT2D eigenvalue weighted by Gasteiger charge is -2.18. The zero-order valence-corrected chi connectivity index (χ0v) is 15.6. The Morgan fingerprint density at radius 2 is 2.00 bits per heavy atom. The Labute approximate surface area is 150 Å². The van der Waals surface area contributed by atoms with E-state index in [-0.39, 0.29) is 0 Å². The van der Waals surface area contributed by atoms with Crippen molar-refractivity contribution in [2.45, 2.75) is 39.0 Å². The standard InChI is InChI=1S/C21H28N4/c1-15(2)19-12-16(8-11-25-9-4-5-10-25)18-7-6-17(13-20(18)19)21-22-14-24(3)23-21/h6-7,12-16H,4-5,8-11H2,1-3H3. The Morgan fingerprint density at radius 1 is 1.20 bits per heavy atom. The van der Waals surface area contributed by atoms with Gasteiger partial charge in [0.05, 0.1) is 0 Å². The molecule has 1 unspecified atom stereocenters. The molecule has 4 rings (SSSR count). The third-order valence-corrected chi connectivity index (χ3v) is 5.58. The molecular weight excluding hydrogens is 308 g/mol. The number of likely N-dealkylation sites (tertiary alicyclic amines) is 1. The summed E-state index contributed by atoms with van der Waals surface area (Å²) in [6.45, 7) is 8.37. The van der Waals surface area contributed by atoms with Crippen LogP contribution in [0.15, 0.2) is 30.6 Å². The summed E-state index contributed by atoms with van der Waals surface area (Å²) >= 11 is 0. The summed E-state index contributed by atoms with van der Waals surface area (Å²) in [7, 11) is 1.91. The molecule has 1 aromatic carbocycles. The molecule has 25 heavy (non-hydrogen) atoms. The number of rotatable bonds is 5. The van der Waals surface area contributed by atoms with Crippen molar-refractivity contribution in [3.8, 4) is 11.4 Å². The van der Waals surface area contributed by atoms with Gasteiger partial charge in [-0.25, -0.2) is 4.98 Å². The lowest BCUT2D eigenvalue weighted by molar-refractivity contribution is 0.329. The summed E-state index contributed by atoms with van der Waals surface area (Å²) in [6, 6.07) is 6.79. The molecule has 1 fully saturated rings. The van der Waals surface area contributed by atoms with Gasteiger partial charge in [-0.1, -0.05) is 32.1 Å². The SMILES string of the molecule is CC(C)C1=CC(CCN2CCCC2)c2ccc(-c3ncn(C)n3)cc21. The van der Waals surface area contributed by atoms with E-state index in [0.717, 1.165) is 11.4 Å². The molecule has 2 heterocycles. The molecule has 0 radical (unpaired) electrons. The second kappa shape index (κ2) is 6.75. The quantitative estimate of drug-likeness (QED) is 0.824. The molecule has 0 saturated carbocycles. The van der Waals surface area contributed by atoms with Gasteiger partial charge in [-0.15, -0.1) is 0 Å². The first-order chi connectivity index (χ1) is 12.1. The summed E-state index contributed by atoms with van der Waals surface area (Å²) < 4.78 is 1.76. The van der Waals surface area contributed by atoms with E-state index in [2.05, 4.69) is 53.1 Å². The van der Waals surface area contributed by atoms with Crippen LogP contribution in [0.2, 0.25) is 0 Å². The van der Waals surface area contributed by atoms with Crippen LogP contribution >= 0.6 is 0 Å². The van der Waals surface area contributed by atoms with Crippen molar-refractivity contribution >= 4 is 5.57 Å². The van der Waals surface area contributed by atoms with E-state index < -0.39 is 0 Å². The smallest absolute Gasteiger partial charge is 0.181 e. The number of hydrogen-bond donors (Lipinski definition) is 0. The monoisotopic (exact) mass is 336 g/mol. The van der Waals surface area contributed by atoms with E-state index in [1.807, 2.05) is 7.05 Å². The third-order valence-electron chi connectivity index (χ3n) is 5.58. The van der Waals surface area contributed by atoms with Crippen LogP contribution in [0.3, 0.4) is 0 Å². The van der Waals surface area contributed by atoms with Gasteiger partial charge in [0.25, 0.3) is 0 Å². The minimum absolute atomic E-state index is 0.544. The summed E-state index contributed by atoms with van der Waals surface area (Å²) in [5.74, 6) is 1.91. The van der Waals surface area contributed by atoms with E-state index in [9.17, 15) is 0 Å². The van der Waals surface area contributed by atoms with Crippen LogP contribution in [-0.2, 0) is 7.05 Å². The average Bonchev–Trinajstić information content (AvgIpc) is 3.32. The summed E-state index contributed by atoms with van der Waals surface area (Å²) in [6.07, 6.45) is 8.25. The third kappa shape index (κ3) is 3.28. The van der Waals surface area contributed by atoms with E-state index in [1.165, 1.54) is 55.6 Å². The van der Waals surface area contributed by atoms with Crippen molar-refractivity contribution in [1.82, 2.24) is 19.7 Å². The first-order valence-corrected chi connectivity index (χ1v) is 9.56. The molecule has 0 bridgehead atoms. The van der Waals surface area contributed by atoms with Crippen LogP contribution in [0.5, 0.6) is 0 Å². The lowest BCUT2D eigenvalue weighted by Crippen LogP contribution is -2.21. The molecule has 2 aromatic rings. The molecule has 2 aliphatic rings.